The second kappa shape index (κ2) is 22.9. The van der Waals surface area contributed by atoms with Crippen molar-refractivity contribution in [1.29, 1.82) is 0 Å². The van der Waals surface area contributed by atoms with Gasteiger partial charge < -0.3 is 0 Å². The van der Waals surface area contributed by atoms with Crippen molar-refractivity contribution in [3.63, 3.8) is 0 Å². The molecule has 12 rings (SSSR count). The van der Waals surface area contributed by atoms with Gasteiger partial charge in [0.1, 0.15) is 0 Å². The van der Waals surface area contributed by atoms with Crippen LogP contribution >= 0.6 is 0 Å². The maximum absolute atomic E-state index is 2.67. The maximum Gasteiger partial charge on any atom is 0.0215 e. The standard InChI is InChI=1S/C78H82/c1-5-9-13-29-49-77(50-30-14-10-6-2)69-43-27-25-33-57(69)59-47-45-55(53-71(59)77)73-61-35-17-21-39-65(61)75(66-40-22-18-36-62(66)73)76-67-41-23-19-37-63(67)74(64-38-20-24-42-68(64)76)56-46-48-60-58-34-26-28-44-70(58)78(72(60)54-56,51-31-15-11-7-3)52-32-16-12-8-4/h17-28,33-48,53-54H,5-16,29-32,49-52H2,1-4H3. The van der Waals surface area contributed by atoms with Crippen LogP contribution in [0.15, 0.2) is 182 Å². The number of hydrogen-bond acceptors (Lipinski definition) is 0. The SMILES string of the molecule is CCCCCCC1(CCCCCC)c2ccccc2-c2ccc(-c3c4ccccc4c(-c4c5ccccc5c(-c5ccc6c(c5)C(CCCCCC)(CCCCCC)c5ccccc5-6)c5ccccc45)c4ccccc34)cc21. The van der Waals surface area contributed by atoms with Gasteiger partial charge in [-0.15, -0.1) is 0 Å². The fourth-order valence-corrected chi connectivity index (χ4v) is 15.4. The molecule has 0 atom stereocenters. The van der Waals surface area contributed by atoms with Gasteiger partial charge in [-0.2, -0.15) is 0 Å². The monoisotopic (exact) mass is 1020 g/mol. The molecule has 0 nitrogen and oxygen atoms in total. The molecule has 0 saturated heterocycles. The summed E-state index contributed by atoms with van der Waals surface area (Å²) in [5.41, 5.74) is 20.1. The molecule has 0 amide bonds. The predicted molar refractivity (Wildman–Crippen MR) is 340 cm³/mol. The van der Waals surface area contributed by atoms with Gasteiger partial charge in [0.15, 0.2) is 0 Å². The van der Waals surface area contributed by atoms with Gasteiger partial charge in [-0.25, -0.2) is 0 Å². The number of unbranched alkanes of at least 4 members (excludes halogenated alkanes) is 12. The van der Waals surface area contributed by atoms with E-state index in [2.05, 4.69) is 210 Å². The van der Waals surface area contributed by atoms with Gasteiger partial charge in [-0.3, -0.25) is 0 Å². The Morgan fingerprint density at radius 3 is 0.782 bits per heavy atom. The Hall–Kier alpha value is -6.76. The average molecular weight is 1020 g/mol. The van der Waals surface area contributed by atoms with E-state index in [1.165, 1.54) is 227 Å². The molecule has 0 N–H and O–H groups in total. The fraction of sp³-hybridized carbons (Fsp3) is 0.333. The largest absolute Gasteiger partial charge is 0.0654 e. The highest BCUT2D eigenvalue weighted by atomic mass is 14.5. The molecule has 394 valence electrons. The van der Waals surface area contributed by atoms with Crippen molar-refractivity contribution in [1.82, 2.24) is 0 Å². The lowest BCUT2D eigenvalue weighted by Gasteiger charge is -2.33. The van der Waals surface area contributed by atoms with E-state index in [4.69, 9.17) is 0 Å². The minimum atomic E-state index is 0.0160. The lowest BCUT2D eigenvalue weighted by Crippen LogP contribution is -2.25. The van der Waals surface area contributed by atoms with E-state index in [0.717, 1.165) is 0 Å². The van der Waals surface area contributed by atoms with Crippen molar-refractivity contribution in [3.8, 4) is 55.6 Å². The normalized spacial score (nSPS) is 13.8. The Morgan fingerprint density at radius 1 is 0.231 bits per heavy atom. The molecule has 10 aromatic carbocycles. The van der Waals surface area contributed by atoms with Crippen LogP contribution in [0, 0.1) is 0 Å². The number of fused-ring (bicyclic) bond motifs is 10. The summed E-state index contributed by atoms with van der Waals surface area (Å²) in [6.45, 7) is 9.37. The predicted octanol–water partition coefficient (Wildman–Crippen LogP) is 23.7. The van der Waals surface area contributed by atoms with Gasteiger partial charge in [0.05, 0.1) is 0 Å². The van der Waals surface area contributed by atoms with E-state index in [1.54, 1.807) is 22.3 Å². The van der Waals surface area contributed by atoms with E-state index in [-0.39, 0.29) is 10.8 Å². The van der Waals surface area contributed by atoms with Gasteiger partial charge in [-0.05, 0) is 159 Å². The van der Waals surface area contributed by atoms with Crippen LogP contribution < -0.4 is 0 Å². The highest BCUT2D eigenvalue weighted by Gasteiger charge is 2.44. The minimum Gasteiger partial charge on any atom is -0.0654 e. The first-order valence-corrected chi connectivity index (χ1v) is 30.9. The Morgan fingerprint density at radius 2 is 0.487 bits per heavy atom. The molecular formula is C78H82. The molecule has 0 aromatic heterocycles. The molecule has 10 aromatic rings. The van der Waals surface area contributed by atoms with Crippen LogP contribution in [0.2, 0.25) is 0 Å². The van der Waals surface area contributed by atoms with Crippen LogP contribution in [-0.4, -0.2) is 0 Å². The first-order chi connectivity index (χ1) is 38.6. The number of hydrogen-bond donors (Lipinski definition) is 0. The van der Waals surface area contributed by atoms with Gasteiger partial charge in [-0.1, -0.05) is 300 Å². The van der Waals surface area contributed by atoms with Crippen LogP contribution in [-0.2, 0) is 10.8 Å². The minimum absolute atomic E-state index is 0.0160. The Kier molecular flexibility index (Phi) is 15.3. The molecule has 2 aliphatic carbocycles. The summed E-state index contributed by atoms with van der Waals surface area (Å²) in [6.07, 6.45) is 25.4. The first kappa shape index (κ1) is 52.0. The van der Waals surface area contributed by atoms with E-state index in [0.29, 0.717) is 0 Å². The molecule has 0 fully saturated rings. The third-order valence-electron chi connectivity index (χ3n) is 19.1. The maximum atomic E-state index is 2.67. The summed E-state index contributed by atoms with van der Waals surface area (Å²) in [5.74, 6) is 0. The molecule has 0 saturated carbocycles. The zero-order chi connectivity index (χ0) is 53.1. The van der Waals surface area contributed by atoms with Crippen molar-refractivity contribution in [3.05, 3.63) is 204 Å². The van der Waals surface area contributed by atoms with Crippen LogP contribution in [0.4, 0.5) is 0 Å². The number of rotatable bonds is 23. The van der Waals surface area contributed by atoms with Crippen molar-refractivity contribution >= 4 is 43.1 Å². The van der Waals surface area contributed by atoms with Gasteiger partial charge in [0.25, 0.3) is 0 Å². The van der Waals surface area contributed by atoms with Gasteiger partial charge >= 0.3 is 0 Å². The van der Waals surface area contributed by atoms with Gasteiger partial charge in [0.2, 0.25) is 0 Å². The van der Waals surface area contributed by atoms with Crippen LogP contribution in [0.1, 0.15) is 178 Å². The third kappa shape index (κ3) is 9.00. The molecule has 0 unspecified atom stereocenters. The summed E-state index contributed by atoms with van der Waals surface area (Å²) < 4.78 is 0. The van der Waals surface area contributed by atoms with Crippen LogP contribution in [0.5, 0.6) is 0 Å². The summed E-state index contributed by atoms with van der Waals surface area (Å²) in [6, 6.07) is 71.8. The average Bonchev–Trinajstić information content (AvgIpc) is 4.10. The van der Waals surface area contributed by atoms with E-state index in [1.807, 2.05) is 0 Å². The zero-order valence-electron chi connectivity index (χ0n) is 47.5. The van der Waals surface area contributed by atoms with E-state index in [9.17, 15) is 0 Å². The molecule has 0 heteroatoms. The van der Waals surface area contributed by atoms with Crippen molar-refractivity contribution < 1.29 is 0 Å². The second-order valence-electron chi connectivity index (χ2n) is 23.7. The molecule has 2 aliphatic rings. The highest BCUT2D eigenvalue weighted by Crippen LogP contribution is 2.58. The third-order valence-corrected chi connectivity index (χ3v) is 19.1. The molecule has 0 bridgehead atoms. The van der Waals surface area contributed by atoms with Crippen LogP contribution in [0.3, 0.4) is 0 Å². The van der Waals surface area contributed by atoms with Crippen molar-refractivity contribution in [2.75, 3.05) is 0 Å². The lowest BCUT2D eigenvalue weighted by molar-refractivity contribution is 0.401. The van der Waals surface area contributed by atoms with Crippen LogP contribution in [0.25, 0.3) is 98.7 Å². The number of benzene rings is 10. The Bertz CT molecular complexity index is 3380. The quantitative estimate of drug-likeness (QED) is 0.0442. The van der Waals surface area contributed by atoms with Crippen molar-refractivity contribution in [2.45, 2.75) is 167 Å². The highest BCUT2D eigenvalue weighted by molar-refractivity contribution is 6.30. The lowest BCUT2D eigenvalue weighted by atomic mass is 9.70. The van der Waals surface area contributed by atoms with Crippen molar-refractivity contribution in [2.24, 2.45) is 0 Å². The van der Waals surface area contributed by atoms with Gasteiger partial charge in [0, 0.05) is 10.8 Å². The summed E-state index contributed by atoms with van der Waals surface area (Å²) in [5, 5.41) is 10.5. The Balaban J connectivity index is 1.06. The molecule has 0 heterocycles. The van der Waals surface area contributed by atoms with E-state index >= 15 is 0 Å². The molecule has 78 heavy (non-hydrogen) atoms. The molecule has 0 aliphatic heterocycles. The molecule has 0 radical (unpaired) electrons. The summed E-state index contributed by atoms with van der Waals surface area (Å²) in [4.78, 5) is 0. The first-order valence-electron chi connectivity index (χ1n) is 30.9. The van der Waals surface area contributed by atoms with E-state index < -0.39 is 0 Å². The molecule has 0 spiro atoms. The topological polar surface area (TPSA) is 0 Å². The summed E-state index contributed by atoms with van der Waals surface area (Å²) >= 11 is 0. The second-order valence-corrected chi connectivity index (χ2v) is 23.7. The smallest absolute Gasteiger partial charge is 0.0215 e. The summed E-state index contributed by atoms with van der Waals surface area (Å²) in [7, 11) is 0. The fourth-order valence-electron chi connectivity index (χ4n) is 15.4. The zero-order valence-corrected chi connectivity index (χ0v) is 47.5. The Labute approximate surface area is 467 Å². The molecular weight excluding hydrogens is 937 g/mol.